The Hall–Kier alpha value is -1.83. The average molecular weight is 347 g/mol. The number of aromatic nitrogens is 2. The lowest BCUT2D eigenvalue weighted by Gasteiger charge is -2.34. The molecule has 1 atom stereocenters. The number of ether oxygens (including phenoxy) is 1. The molecule has 0 saturated carbocycles. The van der Waals surface area contributed by atoms with Crippen LogP contribution in [0.15, 0.2) is 47.8 Å². The zero-order valence-electron chi connectivity index (χ0n) is 13.6. The molecule has 7 heteroatoms. The van der Waals surface area contributed by atoms with Gasteiger partial charge in [-0.15, -0.1) is 0 Å². The van der Waals surface area contributed by atoms with E-state index in [0.717, 1.165) is 11.3 Å². The molecule has 0 aliphatic carbocycles. The largest absolute Gasteiger partial charge is 0.378 e. The van der Waals surface area contributed by atoms with E-state index >= 15 is 0 Å². The monoisotopic (exact) mass is 347 g/mol. The number of nitrogens with zero attached hydrogens (tertiary/aromatic N) is 3. The summed E-state index contributed by atoms with van der Waals surface area (Å²) in [6.07, 6.45) is 6.31. The third kappa shape index (κ3) is 3.80. The number of aryl methyl sites for hydroxylation is 2. The van der Waals surface area contributed by atoms with Crippen LogP contribution in [0.4, 0.5) is 0 Å². The Bertz CT molecular complexity index is 763. The van der Waals surface area contributed by atoms with E-state index in [1.807, 2.05) is 19.1 Å². The molecular formula is C17H21N3O3S. The maximum atomic E-state index is 13.0. The van der Waals surface area contributed by atoms with Crippen LogP contribution in [-0.2, 0) is 21.2 Å². The summed E-state index contributed by atoms with van der Waals surface area (Å²) in [4.78, 5) is 8.63. The highest BCUT2D eigenvalue weighted by molar-refractivity contribution is 7.89. The summed E-state index contributed by atoms with van der Waals surface area (Å²) in [5.74, 6) is 0. The summed E-state index contributed by atoms with van der Waals surface area (Å²) >= 11 is 0. The minimum atomic E-state index is -3.52. The topological polar surface area (TPSA) is 72.4 Å². The van der Waals surface area contributed by atoms with Gasteiger partial charge in [-0.2, -0.15) is 4.31 Å². The van der Waals surface area contributed by atoms with Gasteiger partial charge in [0.1, 0.15) is 0 Å². The predicted molar refractivity (Wildman–Crippen MR) is 90.0 cm³/mol. The van der Waals surface area contributed by atoms with Crippen molar-refractivity contribution in [2.75, 3.05) is 19.8 Å². The van der Waals surface area contributed by atoms with E-state index in [1.165, 1.54) is 0 Å². The van der Waals surface area contributed by atoms with Crippen molar-refractivity contribution < 1.29 is 13.2 Å². The molecule has 1 aliphatic heterocycles. The number of benzene rings is 1. The summed E-state index contributed by atoms with van der Waals surface area (Å²) in [7, 11) is -3.52. The van der Waals surface area contributed by atoms with Crippen LogP contribution >= 0.6 is 0 Å². The zero-order chi connectivity index (χ0) is 17.0. The van der Waals surface area contributed by atoms with Crippen LogP contribution in [-0.4, -0.2) is 48.5 Å². The summed E-state index contributed by atoms with van der Waals surface area (Å²) < 4.78 is 33.0. The summed E-state index contributed by atoms with van der Waals surface area (Å²) in [5.41, 5.74) is 1.89. The number of rotatable bonds is 5. The highest BCUT2D eigenvalue weighted by atomic mass is 32.2. The molecule has 0 amide bonds. The Balaban J connectivity index is 1.77. The standard InChI is InChI=1S/C17H21N3O3S/c1-14-2-6-17(7-3-14)24(21,22)20-10-11-23-13-16(20)5-4-15-12-18-8-9-19-15/h2-3,6-9,12,16H,4-5,10-11,13H2,1H3. The van der Waals surface area contributed by atoms with Crippen molar-refractivity contribution in [3.05, 3.63) is 54.1 Å². The van der Waals surface area contributed by atoms with Crippen LogP contribution in [0.25, 0.3) is 0 Å². The van der Waals surface area contributed by atoms with Gasteiger partial charge in [-0.3, -0.25) is 9.97 Å². The molecule has 1 unspecified atom stereocenters. The van der Waals surface area contributed by atoms with Gasteiger partial charge in [-0.25, -0.2) is 8.42 Å². The van der Waals surface area contributed by atoms with Gasteiger partial charge in [-0.1, -0.05) is 17.7 Å². The minimum absolute atomic E-state index is 0.188. The molecular weight excluding hydrogens is 326 g/mol. The van der Waals surface area contributed by atoms with Crippen molar-refractivity contribution >= 4 is 10.0 Å². The van der Waals surface area contributed by atoms with E-state index in [1.54, 1.807) is 35.0 Å². The molecule has 1 aromatic carbocycles. The van der Waals surface area contributed by atoms with E-state index in [-0.39, 0.29) is 6.04 Å². The molecule has 128 valence electrons. The maximum Gasteiger partial charge on any atom is 0.243 e. The Labute approximate surface area is 142 Å². The Morgan fingerprint density at radius 1 is 1.25 bits per heavy atom. The van der Waals surface area contributed by atoms with Crippen molar-refractivity contribution in [1.29, 1.82) is 0 Å². The normalized spacial score (nSPS) is 19.3. The summed E-state index contributed by atoms with van der Waals surface area (Å²) in [6, 6.07) is 6.79. The first-order valence-electron chi connectivity index (χ1n) is 7.98. The number of hydrogen-bond acceptors (Lipinski definition) is 5. The highest BCUT2D eigenvalue weighted by Gasteiger charge is 2.33. The predicted octanol–water partition coefficient (Wildman–Crippen LogP) is 1.81. The van der Waals surface area contributed by atoms with E-state index in [9.17, 15) is 8.42 Å². The van der Waals surface area contributed by atoms with Gasteiger partial charge in [0.05, 0.1) is 23.8 Å². The number of morpholine rings is 1. The fourth-order valence-corrected chi connectivity index (χ4v) is 4.43. The van der Waals surface area contributed by atoms with Gasteiger partial charge in [0.2, 0.25) is 10.0 Å². The molecule has 0 radical (unpaired) electrons. The first kappa shape index (κ1) is 17.0. The van der Waals surface area contributed by atoms with Gasteiger partial charge < -0.3 is 4.74 Å². The van der Waals surface area contributed by atoms with Crippen LogP contribution in [0.3, 0.4) is 0 Å². The van der Waals surface area contributed by atoms with Crippen LogP contribution in [0.2, 0.25) is 0 Å². The van der Waals surface area contributed by atoms with Crippen molar-refractivity contribution in [2.45, 2.75) is 30.7 Å². The van der Waals surface area contributed by atoms with Crippen LogP contribution < -0.4 is 0 Å². The van der Waals surface area contributed by atoms with Gasteiger partial charge in [0, 0.05) is 31.2 Å². The fourth-order valence-electron chi connectivity index (χ4n) is 2.80. The molecule has 1 aliphatic rings. The van der Waals surface area contributed by atoms with E-state index in [4.69, 9.17) is 4.74 Å². The van der Waals surface area contributed by atoms with Gasteiger partial charge in [0.25, 0.3) is 0 Å². The summed E-state index contributed by atoms with van der Waals surface area (Å²) in [5, 5.41) is 0. The molecule has 0 bridgehead atoms. The molecule has 3 rings (SSSR count). The quantitative estimate of drug-likeness (QED) is 0.825. The lowest BCUT2D eigenvalue weighted by Crippen LogP contribution is -2.48. The Kier molecular flexibility index (Phi) is 5.23. The molecule has 2 heterocycles. The molecule has 24 heavy (non-hydrogen) atoms. The highest BCUT2D eigenvalue weighted by Crippen LogP contribution is 2.23. The smallest absolute Gasteiger partial charge is 0.243 e. The number of sulfonamides is 1. The third-order valence-corrected chi connectivity index (χ3v) is 6.12. The van der Waals surface area contributed by atoms with Crippen molar-refractivity contribution in [3.8, 4) is 0 Å². The van der Waals surface area contributed by atoms with Crippen molar-refractivity contribution in [1.82, 2.24) is 14.3 Å². The molecule has 1 fully saturated rings. The Morgan fingerprint density at radius 2 is 2.04 bits per heavy atom. The average Bonchev–Trinajstić information content (AvgIpc) is 2.61. The molecule has 2 aromatic rings. The van der Waals surface area contributed by atoms with Crippen LogP contribution in [0.1, 0.15) is 17.7 Å². The van der Waals surface area contributed by atoms with Gasteiger partial charge >= 0.3 is 0 Å². The van der Waals surface area contributed by atoms with Crippen molar-refractivity contribution in [2.24, 2.45) is 0 Å². The van der Waals surface area contributed by atoms with E-state index < -0.39 is 10.0 Å². The van der Waals surface area contributed by atoms with E-state index in [2.05, 4.69) is 9.97 Å². The third-order valence-electron chi connectivity index (χ3n) is 4.15. The second-order valence-electron chi connectivity index (χ2n) is 5.89. The Morgan fingerprint density at radius 3 is 2.75 bits per heavy atom. The van der Waals surface area contributed by atoms with Crippen LogP contribution in [0.5, 0.6) is 0 Å². The number of hydrogen-bond donors (Lipinski definition) is 0. The fraction of sp³-hybridized carbons (Fsp3) is 0.412. The molecule has 1 aromatic heterocycles. The second kappa shape index (κ2) is 7.38. The molecule has 0 N–H and O–H groups in total. The molecule has 1 saturated heterocycles. The first-order chi connectivity index (χ1) is 11.6. The second-order valence-corrected chi connectivity index (χ2v) is 7.78. The van der Waals surface area contributed by atoms with Gasteiger partial charge in [-0.05, 0) is 31.9 Å². The summed E-state index contributed by atoms with van der Waals surface area (Å²) in [6.45, 7) is 3.15. The van der Waals surface area contributed by atoms with Crippen LogP contribution in [0, 0.1) is 6.92 Å². The van der Waals surface area contributed by atoms with E-state index in [0.29, 0.717) is 37.5 Å². The van der Waals surface area contributed by atoms with Crippen molar-refractivity contribution in [3.63, 3.8) is 0 Å². The maximum absolute atomic E-state index is 13.0. The SMILES string of the molecule is Cc1ccc(S(=O)(=O)N2CCOCC2CCc2cnccn2)cc1. The minimum Gasteiger partial charge on any atom is -0.378 e. The molecule has 0 spiro atoms. The lowest BCUT2D eigenvalue weighted by molar-refractivity contribution is 0.0297. The molecule has 6 nitrogen and oxygen atoms in total. The van der Waals surface area contributed by atoms with Gasteiger partial charge in [0.15, 0.2) is 0 Å². The lowest BCUT2D eigenvalue weighted by atomic mass is 10.1. The first-order valence-corrected chi connectivity index (χ1v) is 9.42. The zero-order valence-corrected chi connectivity index (χ0v) is 14.4.